The van der Waals surface area contributed by atoms with Crippen molar-refractivity contribution in [2.45, 2.75) is 51.9 Å². The Labute approximate surface area is 191 Å². The van der Waals surface area contributed by atoms with Gasteiger partial charge in [-0.1, -0.05) is 36.4 Å². The highest BCUT2D eigenvalue weighted by Gasteiger charge is 2.38. The van der Waals surface area contributed by atoms with Gasteiger partial charge in [0.1, 0.15) is 23.5 Å². The van der Waals surface area contributed by atoms with Crippen LogP contribution in [0.25, 0.3) is 0 Å². The molecule has 0 bridgehead atoms. The van der Waals surface area contributed by atoms with Crippen molar-refractivity contribution in [3.63, 3.8) is 0 Å². The van der Waals surface area contributed by atoms with Crippen molar-refractivity contribution < 1.29 is 23.8 Å². The fraction of sp³-hybridized carbons (Fsp3) is 0.391. The average molecular weight is 525 g/mol. The summed E-state index contributed by atoms with van der Waals surface area (Å²) in [6.45, 7) is 7.06. The van der Waals surface area contributed by atoms with Gasteiger partial charge in [-0.05, 0) is 73.5 Å². The second kappa shape index (κ2) is 10.1. The summed E-state index contributed by atoms with van der Waals surface area (Å²) in [5.74, 6) is 0.204. The Morgan fingerprint density at radius 2 is 1.67 bits per heavy atom. The minimum Gasteiger partial charge on any atom is -0.496 e. The van der Waals surface area contributed by atoms with Crippen LogP contribution in [0.1, 0.15) is 38.8 Å². The van der Waals surface area contributed by atoms with Crippen LogP contribution in [0.3, 0.4) is 0 Å². The fourth-order valence-electron chi connectivity index (χ4n) is 2.81. The van der Waals surface area contributed by atoms with Crippen LogP contribution >= 0.6 is 22.6 Å². The molecule has 0 aliphatic carbocycles. The molecule has 2 aromatic rings. The largest absolute Gasteiger partial charge is 0.496 e. The number of benzene rings is 2. The van der Waals surface area contributed by atoms with Gasteiger partial charge >= 0.3 is 12.1 Å². The zero-order valence-electron chi connectivity index (χ0n) is 18.0. The number of hydrogen-bond acceptors (Lipinski definition) is 5. The Bertz CT molecular complexity index is 879. The maximum Gasteiger partial charge on any atom is 0.408 e. The third kappa shape index (κ3) is 7.19. The molecule has 2 rings (SSSR count). The number of ether oxygens (including phenoxy) is 3. The van der Waals surface area contributed by atoms with E-state index in [0.29, 0.717) is 0 Å². The number of nitrogens with one attached hydrogen (secondary N) is 1. The molecule has 0 fully saturated rings. The van der Waals surface area contributed by atoms with Crippen LogP contribution in [-0.4, -0.2) is 30.3 Å². The summed E-state index contributed by atoms with van der Waals surface area (Å²) in [7, 11) is 1.60. The van der Waals surface area contributed by atoms with Crippen LogP contribution in [0, 0.1) is 3.57 Å². The van der Waals surface area contributed by atoms with E-state index in [1.807, 2.05) is 48.5 Å². The van der Waals surface area contributed by atoms with Crippen molar-refractivity contribution in [2.75, 3.05) is 7.11 Å². The van der Waals surface area contributed by atoms with E-state index in [2.05, 4.69) is 27.9 Å². The molecule has 1 atom stereocenters. The molecule has 0 aliphatic rings. The number of hydrogen-bond donors (Lipinski definition) is 1. The Morgan fingerprint density at radius 1 is 1.00 bits per heavy atom. The van der Waals surface area contributed by atoms with Crippen molar-refractivity contribution in [3.8, 4) is 5.75 Å². The first kappa shape index (κ1) is 24.0. The third-order valence-corrected chi connectivity index (χ3v) is 5.06. The van der Waals surface area contributed by atoms with E-state index >= 15 is 0 Å². The minimum absolute atomic E-state index is 0.116. The van der Waals surface area contributed by atoms with Gasteiger partial charge in [0.15, 0.2) is 0 Å². The maximum absolute atomic E-state index is 13.0. The molecular weight excluding hydrogens is 497 g/mol. The lowest BCUT2D eigenvalue weighted by Crippen LogP contribution is -2.55. The summed E-state index contributed by atoms with van der Waals surface area (Å²) in [4.78, 5) is 25.5. The highest BCUT2D eigenvalue weighted by molar-refractivity contribution is 14.1. The summed E-state index contributed by atoms with van der Waals surface area (Å²) in [6, 6.07) is 15.0. The molecule has 1 amide bonds. The van der Waals surface area contributed by atoms with E-state index in [-0.39, 0.29) is 13.0 Å². The summed E-state index contributed by atoms with van der Waals surface area (Å²) < 4.78 is 17.1. The van der Waals surface area contributed by atoms with Gasteiger partial charge in [-0.3, -0.25) is 0 Å². The van der Waals surface area contributed by atoms with E-state index < -0.39 is 23.2 Å². The van der Waals surface area contributed by atoms with Gasteiger partial charge in [0.05, 0.1) is 10.7 Å². The number of carbonyl (C=O) groups is 2. The van der Waals surface area contributed by atoms with Gasteiger partial charge in [0, 0.05) is 6.42 Å². The Morgan fingerprint density at radius 3 is 2.23 bits per heavy atom. The van der Waals surface area contributed by atoms with Crippen LogP contribution in [0.2, 0.25) is 0 Å². The number of amides is 1. The number of methoxy groups -OCH3 is 1. The normalized spacial score (nSPS) is 13.1. The molecule has 0 spiro atoms. The monoisotopic (exact) mass is 525 g/mol. The van der Waals surface area contributed by atoms with Crippen LogP contribution in [-0.2, 0) is 27.3 Å². The van der Waals surface area contributed by atoms with Crippen molar-refractivity contribution in [3.05, 3.63) is 63.2 Å². The molecule has 0 saturated carbocycles. The molecule has 7 heteroatoms. The summed E-state index contributed by atoms with van der Waals surface area (Å²) in [5, 5.41) is 2.71. The number of esters is 1. The van der Waals surface area contributed by atoms with E-state index in [1.54, 1.807) is 34.8 Å². The number of rotatable bonds is 7. The van der Waals surface area contributed by atoms with Crippen LogP contribution in [0.15, 0.2) is 48.5 Å². The Kier molecular flexibility index (Phi) is 8.11. The topological polar surface area (TPSA) is 73.9 Å². The van der Waals surface area contributed by atoms with Crippen LogP contribution in [0.4, 0.5) is 4.79 Å². The Balaban J connectivity index is 2.22. The van der Waals surface area contributed by atoms with Gasteiger partial charge in [-0.15, -0.1) is 0 Å². The molecule has 0 saturated heterocycles. The summed E-state index contributed by atoms with van der Waals surface area (Å²) >= 11 is 2.17. The SMILES string of the molecule is COc1ccc(C[C@@](C)(NC(=O)OC(C)(C)C)C(=O)OCc2ccccc2)cc1I. The van der Waals surface area contributed by atoms with Gasteiger partial charge < -0.3 is 19.5 Å². The first-order valence-electron chi connectivity index (χ1n) is 9.57. The second-order valence-corrected chi connectivity index (χ2v) is 9.33. The predicted octanol–water partition coefficient (Wildman–Crippen LogP) is 4.87. The number of halogens is 1. The number of carbonyl (C=O) groups excluding carboxylic acids is 2. The van der Waals surface area contributed by atoms with E-state index in [9.17, 15) is 9.59 Å². The first-order chi connectivity index (χ1) is 14.0. The standard InChI is InChI=1S/C23H28INO5/c1-22(2,3)30-21(27)25-23(4,14-17-11-12-19(28-5)18(24)13-17)20(26)29-15-16-9-7-6-8-10-16/h6-13H,14-15H2,1-5H3,(H,25,27)/t23-/m1/s1. The minimum atomic E-state index is -1.31. The highest BCUT2D eigenvalue weighted by atomic mass is 127. The molecule has 0 heterocycles. The van der Waals surface area contributed by atoms with Crippen molar-refractivity contribution in [1.82, 2.24) is 5.32 Å². The maximum atomic E-state index is 13.0. The molecule has 30 heavy (non-hydrogen) atoms. The van der Waals surface area contributed by atoms with E-state index in [1.165, 1.54) is 0 Å². The highest BCUT2D eigenvalue weighted by Crippen LogP contribution is 2.25. The molecule has 1 N–H and O–H groups in total. The smallest absolute Gasteiger partial charge is 0.408 e. The van der Waals surface area contributed by atoms with E-state index in [4.69, 9.17) is 14.2 Å². The summed E-state index contributed by atoms with van der Waals surface area (Å²) in [5.41, 5.74) is -0.275. The lowest BCUT2D eigenvalue weighted by molar-refractivity contribution is -0.152. The molecule has 162 valence electrons. The fourth-order valence-corrected chi connectivity index (χ4v) is 3.61. The zero-order chi connectivity index (χ0) is 22.4. The van der Waals surface area contributed by atoms with Crippen LogP contribution in [0.5, 0.6) is 5.75 Å². The quantitative estimate of drug-likeness (QED) is 0.413. The lowest BCUT2D eigenvalue weighted by Gasteiger charge is -2.30. The van der Waals surface area contributed by atoms with Crippen molar-refractivity contribution >= 4 is 34.7 Å². The molecule has 0 aromatic heterocycles. The Hall–Kier alpha value is -2.29. The molecular formula is C23H28INO5. The van der Waals surface area contributed by atoms with Gasteiger partial charge in [0.25, 0.3) is 0 Å². The molecule has 0 aliphatic heterocycles. The van der Waals surface area contributed by atoms with Crippen LogP contribution < -0.4 is 10.1 Å². The van der Waals surface area contributed by atoms with Gasteiger partial charge in [0.2, 0.25) is 0 Å². The zero-order valence-corrected chi connectivity index (χ0v) is 20.1. The molecule has 6 nitrogen and oxygen atoms in total. The lowest BCUT2D eigenvalue weighted by atomic mass is 9.92. The molecule has 0 radical (unpaired) electrons. The average Bonchev–Trinajstić information content (AvgIpc) is 2.65. The van der Waals surface area contributed by atoms with Crippen molar-refractivity contribution in [1.29, 1.82) is 0 Å². The second-order valence-electron chi connectivity index (χ2n) is 8.17. The third-order valence-electron chi connectivity index (χ3n) is 4.21. The van der Waals surface area contributed by atoms with Crippen molar-refractivity contribution in [2.24, 2.45) is 0 Å². The predicted molar refractivity (Wildman–Crippen MR) is 123 cm³/mol. The van der Waals surface area contributed by atoms with E-state index in [0.717, 1.165) is 20.4 Å². The van der Waals surface area contributed by atoms with Gasteiger partial charge in [-0.2, -0.15) is 0 Å². The molecule has 0 unspecified atom stereocenters. The van der Waals surface area contributed by atoms with Gasteiger partial charge in [-0.25, -0.2) is 9.59 Å². The first-order valence-corrected chi connectivity index (χ1v) is 10.6. The number of alkyl carbamates (subject to hydrolysis) is 1. The summed E-state index contributed by atoms with van der Waals surface area (Å²) in [6.07, 6.45) is -0.440. The molecule has 2 aromatic carbocycles.